The highest BCUT2D eigenvalue weighted by Crippen LogP contribution is 2.21. The number of hydrogen-bond acceptors (Lipinski definition) is 3. The van der Waals surface area contributed by atoms with Gasteiger partial charge in [0.15, 0.2) is 0 Å². The van der Waals surface area contributed by atoms with Gasteiger partial charge in [-0.1, -0.05) is 48.5 Å². The summed E-state index contributed by atoms with van der Waals surface area (Å²) in [5.74, 6) is 0. The molecule has 2 aromatic carbocycles. The average Bonchev–Trinajstić information content (AvgIpc) is 3.00. The lowest BCUT2D eigenvalue weighted by molar-refractivity contribution is 0.0869. The molecule has 0 unspecified atom stereocenters. The molecule has 0 radical (unpaired) electrons. The van der Waals surface area contributed by atoms with Gasteiger partial charge >= 0.3 is 0 Å². The molecule has 3 aromatic rings. The van der Waals surface area contributed by atoms with Crippen LogP contribution in [-0.4, -0.2) is 47.8 Å². The number of nitrogens with zero attached hydrogens (tertiary/aromatic N) is 3. The molecule has 0 aliphatic carbocycles. The largest absolute Gasteiger partial charge is 0.409 e. The van der Waals surface area contributed by atoms with E-state index in [-0.39, 0.29) is 0 Å². The van der Waals surface area contributed by atoms with Crippen molar-refractivity contribution in [1.82, 2.24) is 14.5 Å². The Hall–Kier alpha value is -2.30. The lowest BCUT2D eigenvalue weighted by atomic mass is 10.2. The van der Waals surface area contributed by atoms with Gasteiger partial charge in [-0.2, -0.15) is 4.73 Å². The zero-order valence-corrected chi connectivity index (χ0v) is 14.8. The van der Waals surface area contributed by atoms with E-state index >= 15 is 0 Å². The fourth-order valence-corrected chi connectivity index (χ4v) is 3.40. The average molecular weight is 335 g/mol. The molecule has 4 rings (SSSR count). The standard InChI is InChI=1S/C21H25N3O/c1-22-11-13-23(14-12-22)16-20-15-19-9-5-6-10-21(19)24(20)25-17-18-7-3-2-4-8-18/h2-10,15H,11-14,16-17H2,1H3. The fraction of sp³-hybridized carbons (Fsp3) is 0.333. The van der Waals surface area contributed by atoms with Crippen LogP contribution in [0.25, 0.3) is 10.9 Å². The van der Waals surface area contributed by atoms with Crippen LogP contribution in [0, 0.1) is 0 Å². The normalized spacial score (nSPS) is 16.4. The summed E-state index contributed by atoms with van der Waals surface area (Å²) in [4.78, 5) is 11.1. The number of rotatable bonds is 5. The SMILES string of the molecule is CN1CCN(Cc2cc3ccccc3n2OCc2ccccc2)CC1. The number of hydrogen-bond donors (Lipinski definition) is 0. The minimum Gasteiger partial charge on any atom is -0.409 e. The molecule has 1 fully saturated rings. The molecule has 0 spiro atoms. The molecule has 1 aliphatic rings. The van der Waals surface area contributed by atoms with Gasteiger partial charge in [-0.25, -0.2) is 0 Å². The summed E-state index contributed by atoms with van der Waals surface area (Å²) < 4.78 is 2.03. The first-order valence-electron chi connectivity index (χ1n) is 8.97. The van der Waals surface area contributed by atoms with Crippen LogP contribution in [0.15, 0.2) is 60.7 Å². The van der Waals surface area contributed by atoms with Crippen LogP contribution in [0.5, 0.6) is 0 Å². The molecule has 0 saturated carbocycles. The van der Waals surface area contributed by atoms with Gasteiger partial charge in [0.05, 0.1) is 11.2 Å². The van der Waals surface area contributed by atoms with Crippen molar-refractivity contribution < 1.29 is 4.84 Å². The van der Waals surface area contributed by atoms with Crippen molar-refractivity contribution in [1.29, 1.82) is 0 Å². The molecule has 130 valence electrons. The third-order valence-corrected chi connectivity index (χ3v) is 4.92. The van der Waals surface area contributed by atoms with Gasteiger partial charge in [0.1, 0.15) is 6.61 Å². The number of likely N-dealkylation sites (N-methyl/N-ethyl adjacent to an activating group) is 1. The second kappa shape index (κ2) is 7.30. The summed E-state index contributed by atoms with van der Waals surface area (Å²) in [6.45, 7) is 5.98. The number of benzene rings is 2. The van der Waals surface area contributed by atoms with Crippen LogP contribution in [0.2, 0.25) is 0 Å². The second-order valence-electron chi connectivity index (χ2n) is 6.83. The van der Waals surface area contributed by atoms with Gasteiger partial charge in [-0.05, 0) is 24.7 Å². The van der Waals surface area contributed by atoms with E-state index in [2.05, 4.69) is 71.4 Å². The minimum atomic E-state index is 0.579. The molecule has 1 aliphatic heterocycles. The highest BCUT2D eigenvalue weighted by molar-refractivity contribution is 5.80. The molecule has 0 amide bonds. The number of para-hydroxylation sites is 1. The summed E-state index contributed by atoms with van der Waals surface area (Å²) in [5, 5.41) is 1.24. The van der Waals surface area contributed by atoms with Gasteiger partial charge in [0.25, 0.3) is 0 Å². The van der Waals surface area contributed by atoms with Crippen molar-refractivity contribution in [3.05, 3.63) is 71.9 Å². The Morgan fingerprint density at radius 2 is 1.60 bits per heavy atom. The van der Waals surface area contributed by atoms with Gasteiger partial charge in [-0.3, -0.25) is 4.90 Å². The van der Waals surface area contributed by atoms with Crippen molar-refractivity contribution in [2.45, 2.75) is 13.2 Å². The summed E-state index contributed by atoms with van der Waals surface area (Å²) in [5.41, 5.74) is 3.55. The van der Waals surface area contributed by atoms with Crippen molar-refractivity contribution in [2.75, 3.05) is 33.2 Å². The van der Waals surface area contributed by atoms with Crippen molar-refractivity contribution in [2.24, 2.45) is 0 Å². The van der Waals surface area contributed by atoms with E-state index in [1.807, 2.05) is 10.8 Å². The van der Waals surface area contributed by atoms with E-state index in [0.717, 1.165) is 38.2 Å². The molecule has 1 saturated heterocycles. The first kappa shape index (κ1) is 16.2. The predicted molar refractivity (Wildman–Crippen MR) is 101 cm³/mol. The number of fused-ring (bicyclic) bond motifs is 1. The Bertz CT molecular complexity index is 820. The highest BCUT2D eigenvalue weighted by atomic mass is 16.7. The van der Waals surface area contributed by atoms with E-state index in [1.165, 1.54) is 16.6 Å². The van der Waals surface area contributed by atoms with Crippen LogP contribution < -0.4 is 4.84 Å². The third-order valence-electron chi connectivity index (χ3n) is 4.92. The lowest BCUT2D eigenvalue weighted by Crippen LogP contribution is -2.44. The quantitative estimate of drug-likeness (QED) is 0.715. The Balaban J connectivity index is 1.57. The van der Waals surface area contributed by atoms with Gasteiger partial charge in [0.2, 0.25) is 0 Å². The molecule has 0 atom stereocenters. The van der Waals surface area contributed by atoms with Gasteiger partial charge in [-0.15, -0.1) is 0 Å². The fourth-order valence-electron chi connectivity index (χ4n) is 3.40. The summed E-state index contributed by atoms with van der Waals surface area (Å²) >= 11 is 0. The molecule has 1 aromatic heterocycles. The number of aromatic nitrogens is 1. The predicted octanol–water partition coefficient (Wildman–Crippen LogP) is 3.02. The minimum absolute atomic E-state index is 0.579. The van der Waals surface area contributed by atoms with E-state index in [4.69, 9.17) is 4.84 Å². The second-order valence-corrected chi connectivity index (χ2v) is 6.83. The van der Waals surface area contributed by atoms with Crippen molar-refractivity contribution in [3.8, 4) is 0 Å². The molecule has 4 heteroatoms. The maximum atomic E-state index is 6.22. The van der Waals surface area contributed by atoms with Crippen LogP contribution in [0.1, 0.15) is 11.3 Å². The first-order chi connectivity index (χ1) is 12.3. The third kappa shape index (κ3) is 3.70. The summed E-state index contributed by atoms with van der Waals surface area (Å²) in [6.07, 6.45) is 0. The lowest BCUT2D eigenvalue weighted by Gasteiger charge is -2.32. The van der Waals surface area contributed by atoms with Crippen molar-refractivity contribution in [3.63, 3.8) is 0 Å². The van der Waals surface area contributed by atoms with E-state index < -0.39 is 0 Å². The first-order valence-corrected chi connectivity index (χ1v) is 8.97. The molecular formula is C21H25N3O. The molecule has 4 nitrogen and oxygen atoms in total. The summed E-state index contributed by atoms with van der Waals surface area (Å²) in [7, 11) is 2.19. The topological polar surface area (TPSA) is 20.6 Å². The zero-order valence-electron chi connectivity index (χ0n) is 14.8. The zero-order chi connectivity index (χ0) is 17.1. The Morgan fingerprint density at radius 3 is 2.40 bits per heavy atom. The maximum absolute atomic E-state index is 6.22. The Morgan fingerprint density at radius 1 is 0.880 bits per heavy atom. The van der Waals surface area contributed by atoms with Crippen LogP contribution >= 0.6 is 0 Å². The molecule has 0 bridgehead atoms. The molecule has 2 heterocycles. The number of piperazine rings is 1. The van der Waals surface area contributed by atoms with Crippen molar-refractivity contribution >= 4 is 10.9 Å². The van der Waals surface area contributed by atoms with E-state index in [0.29, 0.717) is 6.61 Å². The van der Waals surface area contributed by atoms with E-state index in [9.17, 15) is 0 Å². The smallest absolute Gasteiger partial charge is 0.140 e. The highest BCUT2D eigenvalue weighted by Gasteiger charge is 2.17. The molecule has 25 heavy (non-hydrogen) atoms. The van der Waals surface area contributed by atoms with Gasteiger partial charge < -0.3 is 9.74 Å². The Labute approximate surface area is 149 Å². The molecular weight excluding hydrogens is 310 g/mol. The van der Waals surface area contributed by atoms with E-state index in [1.54, 1.807) is 0 Å². The maximum Gasteiger partial charge on any atom is 0.140 e. The van der Waals surface area contributed by atoms with Crippen LogP contribution in [0.4, 0.5) is 0 Å². The molecule has 0 N–H and O–H groups in total. The van der Waals surface area contributed by atoms with Crippen LogP contribution in [-0.2, 0) is 13.2 Å². The Kier molecular flexibility index (Phi) is 4.72. The van der Waals surface area contributed by atoms with Crippen LogP contribution in [0.3, 0.4) is 0 Å². The van der Waals surface area contributed by atoms with Gasteiger partial charge in [0, 0.05) is 38.1 Å². The summed E-state index contributed by atoms with van der Waals surface area (Å²) in [6, 6.07) is 21.1. The monoisotopic (exact) mass is 335 g/mol.